The number of nitrogens with one attached hydrogen (secondary N) is 1. The maximum Gasteiger partial charge on any atom is 0.510 e. The molecule has 0 aliphatic carbocycles. The fourth-order valence-electron chi connectivity index (χ4n) is 2.89. The van der Waals surface area contributed by atoms with E-state index >= 15 is 0 Å². The molecule has 0 saturated carbocycles. The van der Waals surface area contributed by atoms with Crippen LogP contribution in [0.3, 0.4) is 0 Å². The second kappa shape index (κ2) is 11.5. The molecule has 0 spiro atoms. The molecule has 2 heterocycles. The van der Waals surface area contributed by atoms with Gasteiger partial charge in [-0.15, -0.1) is 10.2 Å². The van der Waals surface area contributed by atoms with E-state index in [1.807, 2.05) is 4.98 Å². The molecule has 0 aliphatic rings. The number of carbonyl (C=O) groups is 1. The summed E-state index contributed by atoms with van der Waals surface area (Å²) in [5, 5.41) is 15.9. The van der Waals surface area contributed by atoms with E-state index in [2.05, 4.69) is 10.2 Å². The number of rotatable bonds is 7. The van der Waals surface area contributed by atoms with Crippen LogP contribution < -0.4 is 21.5 Å². The van der Waals surface area contributed by atoms with Crippen LogP contribution in [-0.2, 0) is 9.47 Å². The van der Waals surface area contributed by atoms with Crippen molar-refractivity contribution < 1.29 is 28.6 Å². The number of carbonyl (C=O) groups excluding carboxylic acids is 1. The van der Waals surface area contributed by atoms with Gasteiger partial charge in [-0.2, -0.15) is 14.6 Å². The van der Waals surface area contributed by atoms with Crippen LogP contribution in [0.5, 0.6) is 11.6 Å². The Morgan fingerprint density at radius 2 is 1.79 bits per heavy atom. The molecule has 200 valence electrons. The summed E-state index contributed by atoms with van der Waals surface area (Å²) in [6.45, 7) is -3.07. The van der Waals surface area contributed by atoms with Crippen LogP contribution in [0, 0.1) is 11.3 Å². The largest absolute Gasteiger partial charge is 0.510 e. The molecule has 0 saturated heterocycles. The molecule has 1 atom stereocenters. The number of benzene rings is 1. The lowest BCUT2D eigenvalue weighted by Gasteiger charge is -2.19. The van der Waals surface area contributed by atoms with Crippen molar-refractivity contribution in [3.05, 3.63) is 70.7 Å². The summed E-state index contributed by atoms with van der Waals surface area (Å²) >= 11 is 12.7. The molecule has 3 aromatic rings. The predicted octanol–water partition coefficient (Wildman–Crippen LogP) is 3.65. The maximum absolute atomic E-state index is 13.5. The molecule has 1 N–H and O–H groups in total. The monoisotopic (exact) mass is 571 g/mol. The number of ether oxygens (including phenoxy) is 3. The zero-order valence-electron chi connectivity index (χ0n) is 26.7. The van der Waals surface area contributed by atoms with Crippen LogP contribution >= 0.6 is 23.2 Å². The average Bonchev–Trinajstić information content (AvgIpc) is 2.89. The average molecular weight is 572 g/mol. The summed E-state index contributed by atoms with van der Waals surface area (Å²) < 4.78 is 72.0. The molecule has 0 amide bonds. The zero-order valence-corrected chi connectivity index (χ0v) is 21.2. The van der Waals surface area contributed by atoms with Crippen molar-refractivity contribution in [3.8, 4) is 23.4 Å². The minimum absolute atomic E-state index is 0.144. The van der Waals surface area contributed by atoms with Gasteiger partial charge in [0.15, 0.2) is 12.0 Å². The first-order chi connectivity index (χ1) is 20.6. The Bertz CT molecular complexity index is 1830. The van der Waals surface area contributed by atoms with Crippen molar-refractivity contribution in [1.82, 2.24) is 24.5 Å². The number of H-pyrrole nitrogens is 1. The van der Waals surface area contributed by atoms with Gasteiger partial charge < -0.3 is 14.2 Å². The van der Waals surface area contributed by atoms with Crippen molar-refractivity contribution in [1.29, 1.82) is 5.26 Å². The lowest BCUT2D eigenvalue weighted by atomic mass is 10.1. The Kier molecular flexibility index (Phi) is 6.02. The summed E-state index contributed by atoms with van der Waals surface area (Å²) in [5.74, 6) is -4.68. The van der Waals surface area contributed by atoms with Crippen LogP contribution in [0.4, 0.5) is 4.79 Å². The minimum atomic E-state index is -3.61. The number of hydrogen-bond donors (Lipinski definition) is 1. The Hall–Kier alpha value is -4.15. The molecule has 1 unspecified atom stereocenters. The molecule has 0 radical (unpaired) electrons. The van der Waals surface area contributed by atoms with Gasteiger partial charge in [0.1, 0.15) is 6.07 Å². The first-order valence-corrected chi connectivity index (χ1v) is 11.2. The van der Waals surface area contributed by atoms with Crippen molar-refractivity contribution in [3.63, 3.8) is 0 Å². The van der Waals surface area contributed by atoms with Gasteiger partial charge in [-0.3, -0.25) is 14.6 Å². The highest BCUT2D eigenvalue weighted by Gasteiger charge is 2.22. The van der Waals surface area contributed by atoms with E-state index in [1.54, 1.807) is 0 Å². The van der Waals surface area contributed by atoms with E-state index in [4.69, 9.17) is 52.3 Å². The zero-order chi connectivity index (χ0) is 34.2. The lowest BCUT2D eigenvalue weighted by molar-refractivity contribution is -0.0164. The van der Waals surface area contributed by atoms with Gasteiger partial charge in [-0.05, 0) is 38.8 Å². The summed E-state index contributed by atoms with van der Waals surface area (Å²) in [7, 11) is 0. The normalized spacial score (nSPS) is 15.4. The molecular formula is C23H22Cl2N6O7. The van der Waals surface area contributed by atoms with Crippen molar-refractivity contribution in [2.24, 2.45) is 0 Å². The van der Waals surface area contributed by atoms with Gasteiger partial charge >= 0.3 is 11.8 Å². The van der Waals surface area contributed by atoms with Crippen molar-refractivity contribution in [2.45, 2.75) is 52.7 Å². The van der Waals surface area contributed by atoms with Crippen molar-refractivity contribution in [2.75, 3.05) is 0 Å². The predicted molar refractivity (Wildman–Crippen MR) is 135 cm³/mol. The van der Waals surface area contributed by atoms with Gasteiger partial charge in [0, 0.05) is 21.2 Å². The number of aromatic amines is 1. The van der Waals surface area contributed by atoms with Gasteiger partial charge in [0.2, 0.25) is 11.6 Å². The summed E-state index contributed by atoms with van der Waals surface area (Å²) in [4.78, 5) is 51.4. The molecule has 0 bridgehead atoms. The second-order valence-corrected chi connectivity index (χ2v) is 8.44. The third-order valence-corrected chi connectivity index (χ3v) is 5.05. The molecule has 0 fully saturated rings. The molecule has 3 rings (SSSR count). The van der Waals surface area contributed by atoms with Crippen molar-refractivity contribution >= 4 is 29.4 Å². The van der Waals surface area contributed by atoms with Crippen LogP contribution in [-0.4, -0.2) is 36.8 Å². The Morgan fingerprint density at radius 3 is 2.37 bits per heavy atom. The van der Waals surface area contributed by atoms with E-state index in [-0.39, 0.29) is 15.7 Å². The lowest BCUT2D eigenvalue weighted by Crippen LogP contribution is -2.33. The smallest absolute Gasteiger partial charge is 0.434 e. The first-order valence-electron chi connectivity index (χ1n) is 13.9. The van der Waals surface area contributed by atoms with Crippen LogP contribution in [0.15, 0.2) is 32.6 Å². The van der Waals surface area contributed by atoms with E-state index in [0.717, 1.165) is 19.1 Å². The molecule has 38 heavy (non-hydrogen) atoms. The van der Waals surface area contributed by atoms with Gasteiger partial charge in [0.25, 0.3) is 11.1 Å². The molecule has 1 aromatic carbocycles. The van der Waals surface area contributed by atoms with Crippen LogP contribution in [0.25, 0.3) is 5.69 Å². The molecular weight excluding hydrogens is 543 g/mol. The molecule has 0 aliphatic heterocycles. The summed E-state index contributed by atoms with van der Waals surface area (Å²) in [6.07, 6.45) is -3.54. The van der Waals surface area contributed by atoms with E-state index in [0.29, 0.717) is 15.4 Å². The van der Waals surface area contributed by atoms with E-state index in [9.17, 15) is 19.2 Å². The number of aromatic nitrogens is 5. The Balaban J connectivity index is 2.24. The summed E-state index contributed by atoms with van der Waals surface area (Å²) in [6, 6.07) is 4.24. The number of nitriles is 1. The minimum Gasteiger partial charge on any atom is -0.434 e. The fraction of sp³-hybridized carbons (Fsp3) is 0.348. The van der Waals surface area contributed by atoms with Crippen LogP contribution in [0.1, 0.15) is 67.4 Å². The Morgan fingerprint density at radius 1 is 1.13 bits per heavy atom. The summed E-state index contributed by atoms with van der Waals surface area (Å²) in [5.41, 5.74) is -5.44. The quantitative estimate of drug-likeness (QED) is 0.412. The third kappa shape index (κ3) is 6.21. The fourth-order valence-corrected chi connectivity index (χ4v) is 3.45. The SMILES string of the molecule is [2H]C([2H])([2H])C([2H])(c1cc(Oc2c(Cl)cc(-n3nc(C#N)c(=O)[nH]c3=O)cc2Cl)nn(C(C)OC(=O)OC(C)C)c1=O)C([2H])([2H])[2H]. The second-order valence-electron chi connectivity index (χ2n) is 7.63. The van der Waals surface area contributed by atoms with E-state index in [1.165, 1.54) is 19.9 Å². The van der Waals surface area contributed by atoms with Gasteiger partial charge in [-0.25, -0.2) is 9.59 Å². The van der Waals surface area contributed by atoms with Gasteiger partial charge in [0.05, 0.1) is 21.8 Å². The number of nitrogens with zero attached hydrogens (tertiary/aromatic N) is 5. The highest BCUT2D eigenvalue weighted by molar-refractivity contribution is 6.37. The highest BCUT2D eigenvalue weighted by atomic mass is 35.5. The van der Waals surface area contributed by atoms with E-state index < -0.39 is 77.8 Å². The standard InChI is InChI=1S/C23H22Cl2N6O7/c1-10(2)14-8-18(29-30(21(14)33)12(5)37-23(35)36-11(3)4)38-19-15(24)6-13(7-16(19)25)31-22(34)27-20(32)17(9-26)28-31/h6-8,10-12H,1-5H3,(H,27,32,34)/i1D3,2D3,10D. The molecule has 15 heteroatoms. The molecule has 13 nitrogen and oxygen atoms in total. The number of hydrogen-bond acceptors (Lipinski definition) is 10. The Labute approximate surface area is 234 Å². The van der Waals surface area contributed by atoms with Gasteiger partial charge in [-0.1, -0.05) is 36.9 Å². The highest BCUT2D eigenvalue weighted by Crippen LogP contribution is 2.37. The molecule has 2 aromatic heterocycles. The first kappa shape index (κ1) is 19.9. The third-order valence-electron chi connectivity index (χ3n) is 4.49. The van der Waals surface area contributed by atoms with Crippen LogP contribution in [0.2, 0.25) is 10.0 Å². The topological polar surface area (TPSA) is 171 Å². The number of halogens is 2. The maximum atomic E-state index is 13.5.